The number of carbonyl (C=O) groups excluding carboxylic acids is 1. The Bertz CT molecular complexity index is 852. The van der Waals surface area contributed by atoms with Crippen molar-refractivity contribution in [2.75, 3.05) is 19.6 Å². The number of aliphatic imine (C=N–C) groups is 1. The number of amides is 1. The molecule has 0 saturated carbocycles. The highest BCUT2D eigenvalue weighted by Gasteiger charge is 2.26. The van der Waals surface area contributed by atoms with E-state index in [-0.39, 0.29) is 18.1 Å². The average molecular weight is 414 g/mol. The van der Waals surface area contributed by atoms with Gasteiger partial charge < -0.3 is 20.3 Å². The Morgan fingerprint density at radius 3 is 2.50 bits per heavy atom. The number of aromatic nitrogens is 3. The summed E-state index contributed by atoms with van der Waals surface area (Å²) in [6.45, 7) is 9.06. The SMILES string of the molecule is CCNC(=NCc1ccc(C(=O)N2CC(C)OC(C)C2)cc1)NCc1ncnn1C. The molecule has 1 saturated heterocycles. The van der Waals surface area contributed by atoms with E-state index < -0.39 is 0 Å². The highest BCUT2D eigenvalue weighted by Crippen LogP contribution is 2.15. The number of morpholine rings is 1. The topological polar surface area (TPSA) is 96.7 Å². The van der Waals surface area contributed by atoms with Gasteiger partial charge in [-0.25, -0.2) is 9.98 Å². The number of hydrogen-bond acceptors (Lipinski definition) is 5. The molecule has 1 fully saturated rings. The van der Waals surface area contributed by atoms with Crippen LogP contribution < -0.4 is 10.6 Å². The fourth-order valence-electron chi connectivity index (χ4n) is 3.43. The second-order valence-electron chi connectivity index (χ2n) is 7.51. The van der Waals surface area contributed by atoms with E-state index >= 15 is 0 Å². The first-order valence-electron chi connectivity index (χ1n) is 10.3. The van der Waals surface area contributed by atoms with Crippen molar-refractivity contribution in [1.82, 2.24) is 30.3 Å². The fourth-order valence-corrected chi connectivity index (χ4v) is 3.43. The van der Waals surface area contributed by atoms with Crippen LogP contribution in [0.25, 0.3) is 0 Å². The number of ether oxygens (including phenoxy) is 1. The zero-order valence-electron chi connectivity index (χ0n) is 18.1. The van der Waals surface area contributed by atoms with Gasteiger partial charge in [0.2, 0.25) is 0 Å². The van der Waals surface area contributed by atoms with Gasteiger partial charge in [-0.2, -0.15) is 5.10 Å². The Morgan fingerprint density at radius 1 is 1.20 bits per heavy atom. The zero-order chi connectivity index (χ0) is 21.5. The van der Waals surface area contributed by atoms with Crippen LogP contribution in [0.4, 0.5) is 0 Å². The Balaban J connectivity index is 1.59. The van der Waals surface area contributed by atoms with Crippen molar-refractivity contribution < 1.29 is 9.53 Å². The van der Waals surface area contributed by atoms with E-state index in [1.165, 1.54) is 6.33 Å². The van der Waals surface area contributed by atoms with E-state index in [1.807, 2.05) is 57.0 Å². The summed E-state index contributed by atoms with van der Waals surface area (Å²) in [5.41, 5.74) is 1.72. The molecule has 30 heavy (non-hydrogen) atoms. The van der Waals surface area contributed by atoms with E-state index in [4.69, 9.17) is 4.74 Å². The minimum absolute atomic E-state index is 0.0470. The van der Waals surface area contributed by atoms with Gasteiger partial charge in [-0.3, -0.25) is 9.48 Å². The third kappa shape index (κ3) is 5.79. The van der Waals surface area contributed by atoms with Crippen molar-refractivity contribution in [2.45, 2.75) is 46.1 Å². The van der Waals surface area contributed by atoms with Crippen LogP contribution in [0.3, 0.4) is 0 Å². The predicted molar refractivity (Wildman–Crippen MR) is 115 cm³/mol. The molecule has 2 heterocycles. The first kappa shape index (κ1) is 21.8. The number of guanidine groups is 1. The smallest absolute Gasteiger partial charge is 0.254 e. The lowest BCUT2D eigenvalue weighted by molar-refractivity contribution is -0.0586. The normalized spacial score (nSPS) is 19.6. The molecule has 1 aromatic heterocycles. The van der Waals surface area contributed by atoms with Crippen LogP contribution >= 0.6 is 0 Å². The van der Waals surface area contributed by atoms with Gasteiger partial charge in [0.15, 0.2) is 5.96 Å². The van der Waals surface area contributed by atoms with Crippen LogP contribution in [0, 0.1) is 0 Å². The van der Waals surface area contributed by atoms with Crippen molar-refractivity contribution in [3.63, 3.8) is 0 Å². The maximum atomic E-state index is 12.8. The number of hydrogen-bond donors (Lipinski definition) is 2. The lowest BCUT2D eigenvalue weighted by atomic mass is 10.1. The highest BCUT2D eigenvalue weighted by atomic mass is 16.5. The first-order valence-corrected chi connectivity index (χ1v) is 10.3. The molecule has 2 unspecified atom stereocenters. The minimum Gasteiger partial charge on any atom is -0.372 e. The van der Waals surface area contributed by atoms with Gasteiger partial charge in [0, 0.05) is 32.2 Å². The van der Waals surface area contributed by atoms with E-state index in [2.05, 4.69) is 25.7 Å². The molecule has 0 radical (unpaired) electrons. The third-order valence-electron chi connectivity index (χ3n) is 4.89. The minimum atomic E-state index is 0.0470. The van der Waals surface area contributed by atoms with Crippen LogP contribution in [-0.4, -0.2) is 63.4 Å². The summed E-state index contributed by atoms with van der Waals surface area (Å²) < 4.78 is 7.44. The molecule has 2 atom stereocenters. The summed E-state index contributed by atoms with van der Waals surface area (Å²) in [6, 6.07) is 7.66. The van der Waals surface area contributed by atoms with E-state index in [9.17, 15) is 4.79 Å². The lowest BCUT2D eigenvalue weighted by Crippen LogP contribution is -2.48. The molecule has 1 aliphatic heterocycles. The van der Waals surface area contributed by atoms with Gasteiger partial charge in [-0.1, -0.05) is 12.1 Å². The average Bonchev–Trinajstić information content (AvgIpc) is 3.14. The van der Waals surface area contributed by atoms with E-state index in [1.54, 1.807) is 4.68 Å². The second kappa shape index (κ2) is 10.2. The molecular weight excluding hydrogens is 382 g/mol. The largest absolute Gasteiger partial charge is 0.372 e. The summed E-state index contributed by atoms with van der Waals surface area (Å²) >= 11 is 0. The van der Waals surface area contributed by atoms with Gasteiger partial charge >= 0.3 is 0 Å². The third-order valence-corrected chi connectivity index (χ3v) is 4.89. The Hall–Kier alpha value is -2.94. The number of nitrogens with one attached hydrogen (secondary N) is 2. The monoisotopic (exact) mass is 413 g/mol. The van der Waals surface area contributed by atoms with Crippen molar-refractivity contribution >= 4 is 11.9 Å². The van der Waals surface area contributed by atoms with Crippen LogP contribution in [0.1, 0.15) is 42.5 Å². The Kier molecular flexibility index (Phi) is 7.40. The van der Waals surface area contributed by atoms with Crippen LogP contribution in [0.2, 0.25) is 0 Å². The predicted octanol–water partition coefficient (Wildman–Crippen LogP) is 1.32. The maximum absolute atomic E-state index is 12.8. The molecule has 1 amide bonds. The van der Waals surface area contributed by atoms with Crippen molar-refractivity contribution in [3.05, 3.63) is 47.5 Å². The van der Waals surface area contributed by atoms with Gasteiger partial charge in [-0.15, -0.1) is 0 Å². The van der Waals surface area contributed by atoms with E-state index in [0.29, 0.717) is 37.7 Å². The van der Waals surface area contributed by atoms with Gasteiger partial charge in [0.1, 0.15) is 12.2 Å². The molecule has 162 valence electrons. The maximum Gasteiger partial charge on any atom is 0.254 e. The van der Waals surface area contributed by atoms with E-state index in [0.717, 1.165) is 17.9 Å². The molecular formula is C21H31N7O2. The van der Waals surface area contributed by atoms with Crippen molar-refractivity contribution in [2.24, 2.45) is 12.0 Å². The van der Waals surface area contributed by atoms with Crippen LogP contribution in [0.5, 0.6) is 0 Å². The Labute approximate surface area is 177 Å². The molecule has 2 N–H and O–H groups in total. The number of rotatable bonds is 6. The zero-order valence-corrected chi connectivity index (χ0v) is 18.1. The molecule has 9 heteroatoms. The molecule has 0 aliphatic carbocycles. The quantitative estimate of drug-likeness (QED) is 0.548. The number of benzene rings is 1. The summed E-state index contributed by atoms with van der Waals surface area (Å²) in [5, 5.41) is 10.5. The molecule has 1 aliphatic rings. The summed E-state index contributed by atoms with van der Waals surface area (Å²) in [7, 11) is 1.86. The Morgan fingerprint density at radius 2 is 1.90 bits per heavy atom. The first-order chi connectivity index (χ1) is 14.5. The number of carbonyl (C=O) groups is 1. The lowest BCUT2D eigenvalue weighted by Gasteiger charge is -2.35. The standard InChI is InChI=1S/C21H31N7O2/c1-5-22-21(24-11-19-25-14-26-27(19)4)23-10-17-6-8-18(9-7-17)20(29)28-12-15(2)30-16(3)13-28/h6-9,14-16H,5,10-13H2,1-4H3,(H2,22,23,24). The fraction of sp³-hybridized carbons (Fsp3) is 0.524. The van der Waals surface area contributed by atoms with Crippen molar-refractivity contribution in [1.29, 1.82) is 0 Å². The van der Waals surface area contributed by atoms with Gasteiger partial charge in [-0.05, 0) is 38.5 Å². The molecule has 0 spiro atoms. The summed E-state index contributed by atoms with van der Waals surface area (Å²) in [4.78, 5) is 23.5. The number of aryl methyl sites for hydroxylation is 1. The molecule has 3 rings (SSSR count). The summed E-state index contributed by atoms with van der Waals surface area (Å²) in [6.07, 6.45) is 1.65. The second-order valence-corrected chi connectivity index (χ2v) is 7.51. The molecule has 2 aromatic rings. The van der Waals surface area contributed by atoms with Crippen LogP contribution in [-0.2, 0) is 24.9 Å². The molecule has 9 nitrogen and oxygen atoms in total. The van der Waals surface area contributed by atoms with Crippen LogP contribution in [0.15, 0.2) is 35.6 Å². The molecule has 0 bridgehead atoms. The highest BCUT2D eigenvalue weighted by molar-refractivity contribution is 5.94. The summed E-state index contributed by atoms with van der Waals surface area (Å²) in [5.74, 6) is 1.58. The van der Waals surface area contributed by atoms with Crippen molar-refractivity contribution in [3.8, 4) is 0 Å². The van der Waals surface area contributed by atoms with Gasteiger partial charge in [0.05, 0.1) is 25.3 Å². The van der Waals surface area contributed by atoms with Gasteiger partial charge in [0.25, 0.3) is 5.91 Å². The number of nitrogens with zero attached hydrogens (tertiary/aromatic N) is 5. The molecule has 1 aromatic carbocycles.